The van der Waals surface area contributed by atoms with Gasteiger partial charge in [0.2, 0.25) is 5.91 Å². The Bertz CT molecular complexity index is 745. The molecular formula is C20H27N5O2. The molecule has 7 nitrogen and oxygen atoms in total. The molecule has 1 N–H and O–H groups in total. The molecule has 0 bridgehead atoms. The molecule has 7 heteroatoms. The molecule has 2 aromatic rings. The lowest BCUT2D eigenvalue weighted by atomic mass is 9.77. The molecule has 1 amide bonds. The maximum absolute atomic E-state index is 13.5. The van der Waals surface area contributed by atoms with Crippen LogP contribution in [0.15, 0.2) is 30.6 Å². The molecule has 1 saturated carbocycles. The first-order chi connectivity index (χ1) is 13.2. The Balaban J connectivity index is 1.45. The van der Waals surface area contributed by atoms with Crippen LogP contribution in [0.3, 0.4) is 0 Å². The Hall–Kier alpha value is -2.41. The summed E-state index contributed by atoms with van der Waals surface area (Å²) in [4.78, 5) is 22.1. The van der Waals surface area contributed by atoms with Gasteiger partial charge in [0.1, 0.15) is 17.9 Å². The average molecular weight is 369 g/mol. The van der Waals surface area contributed by atoms with Gasteiger partial charge in [0, 0.05) is 26.2 Å². The molecule has 27 heavy (non-hydrogen) atoms. The van der Waals surface area contributed by atoms with Crippen LogP contribution in [0.4, 0.5) is 0 Å². The fourth-order valence-electron chi connectivity index (χ4n) is 4.45. The highest BCUT2D eigenvalue weighted by Gasteiger charge is 2.45. The number of aromatic amines is 1. The zero-order chi connectivity index (χ0) is 18.7. The van der Waals surface area contributed by atoms with Gasteiger partial charge in [-0.05, 0) is 30.5 Å². The van der Waals surface area contributed by atoms with E-state index < -0.39 is 0 Å². The molecule has 1 saturated heterocycles. The monoisotopic (exact) mass is 369 g/mol. The van der Waals surface area contributed by atoms with Crippen LogP contribution < -0.4 is 4.74 Å². The average Bonchev–Trinajstić information content (AvgIpc) is 3.41. The van der Waals surface area contributed by atoms with E-state index in [1.807, 2.05) is 12.1 Å². The molecule has 1 aliphatic heterocycles. The van der Waals surface area contributed by atoms with Crippen molar-refractivity contribution in [2.45, 2.75) is 37.6 Å². The SMILES string of the molecule is COc1ccc(C2(C(=O)N3CCN(Cc4ncn[nH]4)CC3)CCCC2)cc1. The smallest absolute Gasteiger partial charge is 0.233 e. The molecule has 1 aromatic carbocycles. The zero-order valence-corrected chi connectivity index (χ0v) is 15.9. The maximum atomic E-state index is 13.5. The molecule has 1 aliphatic carbocycles. The van der Waals surface area contributed by atoms with Crippen molar-refractivity contribution in [3.05, 3.63) is 42.0 Å². The molecule has 0 spiro atoms. The number of nitrogens with zero attached hydrogens (tertiary/aromatic N) is 4. The first-order valence-electron chi connectivity index (χ1n) is 9.72. The van der Waals surface area contributed by atoms with Crippen LogP contribution in [0.2, 0.25) is 0 Å². The highest BCUT2D eigenvalue weighted by Crippen LogP contribution is 2.43. The number of rotatable bonds is 5. The summed E-state index contributed by atoms with van der Waals surface area (Å²) in [7, 11) is 1.67. The summed E-state index contributed by atoms with van der Waals surface area (Å²) in [6.45, 7) is 4.03. The number of nitrogens with one attached hydrogen (secondary N) is 1. The largest absolute Gasteiger partial charge is 0.497 e. The summed E-state index contributed by atoms with van der Waals surface area (Å²) in [6, 6.07) is 8.08. The molecule has 0 radical (unpaired) electrons. The van der Waals surface area contributed by atoms with Crippen molar-refractivity contribution in [1.29, 1.82) is 0 Å². The number of ether oxygens (including phenoxy) is 1. The summed E-state index contributed by atoms with van der Waals surface area (Å²) in [5, 5.41) is 6.81. The van der Waals surface area contributed by atoms with Crippen molar-refractivity contribution >= 4 is 5.91 Å². The van der Waals surface area contributed by atoms with E-state index in [2.05, 4.69) is 37.1 Å². The third-order valence-corrected chi connectivity index (χ3v) is 6.01. The van der Waals surface area contributed by atoms with Gasteiger partial charge < -0.3 is 9.64 Å². The zero-order valence-electron chi connectivity index (χ0n) is 15.9. The van der Waals surface area contributed by atoms with Gasteiger partial charge in [-0.15, -0.1) is 0 Å². The van der Waals surface area contributed by atoms with E-state index in [-0.39, 0.29) is 5.41 Å². The van der Waals surface area contributed by atoms with E-state index in [9.17, 15) is 4.79 Å². The molecule has 1 aromatic heterocycles. The van der Waals surface area contributed by atoms with Gasteiger partial charge in [-0.25, -0.2) is 4.98 Å². The third kappa shape index (κ3) is 3.56. The van der Waals surface area contributed by atoms with E-state index in [0.29, 0.717) is 5.91 Å². The second-order valence-corrected chi connectivity index (χ2v) is 7.52. The molecule has 0 unspecified atom stereocenters. The number of benzene rings is 1. The lowest BCUT2D eigenvalue weighted by molar-refractivity contribution is -0.139. The Labute approximate surface area is 159 Å². The summed E-state index contributed by atoms with van der Waals surface area (Å²) in [5.74, 6) is 2.00. The number of methoxy groups -OCH3 is 1. The van der Waals surface area contributed by atoms with Gasteiger partial charge >= 0.3 is 0 Å². The van der Waals surface area contributed by atoms with Crippen molar-refractivity contribution in [2.24, 2.45) is 0 Å². The normalized spacial score (nSPS) is 20.0. The minimum absolute atomic E-state index is 0.296. The van der Waals surface area contributed by atoms with Crippen LogP contribution in [0.25, 0.3) is 0 Å². The Morgan fingerprint density at radius 3 is 2.44 bits per heavy atom. The summed E-state index contributed by atoms with van der Waals surface area (Å²) >= 11 is 0. The van der Waals surface area contributed by atoms with Gasteiger partial charge in [-0.3, -0.25) is 14.8 Å². The van der Waals surface area contributed by atoms with Crippen LogP contribution in [0.1, 0.15) is 37.1 Å². The second-order valence-electron chi connectivity index (χ2n) is 7.52. The van der Waals surface area contributed by atoms with Crippen molar-refractivity contribution in [3.63, 3.8) is 0 Å². The number of carbonyl (C=O) groups excluding carboxylic acids is 1. The number of hydrogen-bond acceptors (Lipinski definition) is 5. The van der Waals surface area contributed by atoms with Crippen LogP contribution in [0.5, 0.6) is 5.75 Å². The van der Waals surface area contributed by atoms with E-state index >= 15 is 0 Å². The maximum Gasteiger partial charge on any atom is 0.233 e. The van der Waals surface area contributed by atoms with Crippen molar-refractivity contribution in [2.75, 3.05) is 33.3 Å². The molecule has 2 fully saturated rings. The molecule has 144 valence electrons. The van der Waals surface area contributed by atoms with Gasteiger partial charge in [0.25, 0.3) is 0 Å². The second kappa shape index (κ2) is 7.68. The van der Waals surface area contributed by atoms with Crippen molar-refractivity contribution in [1.82, 2.24) is 25.0 Å². The van der Waals surface area contributed by atoms with E-state index in [4.69, 9.17) is 4.74 Å². The van der Waals surface area contributed by atoms with Crippen molar-refractivity contribution < 1.29 is 9.53 Å². The van der Waals surface area contributed by atoms with Crippen LogP contribution >= 0.6 is 0 Å². The lowest BCUT2D eigenvalue weighted by Crippen LogP contribution is -2.53. The highest BCUT2D eigenvalue weighted by atomic mass is 16.5. The molecular weight excluding hydrogens is 342 g/mol. The predicted molar refractivity (Wildman–Crippen MR) is 101 cm³/mol. The first-order valence-corrected chi connectivity index (χ1v) is 9.72. The van der Waals surface area contributed by atoms with Crippen LogP contribution in [-0.4, -0.2) is 64.2 Å². The predicted octanol–water partition coefficient (Wildman–Crippen LogP) is 1.97. The quantitative estimate of drug-likeness (QED) is 0.872. The molecule has 4 rings (SSSR count). The number of aromatic nitrogens is 3. The standard InChI is InChI=1S/C20H27N5O2/c1-27-17-6-4-16(5-7-17)20(8-2-3-9-20)19(26)25-12-10-24(11-13-25)14-18-21-15-22-23-18/h4-7,15H,2-3,8-14H2,1H3,(H,21,22,23). The van der Waals surface area contributed by atoms with Crippen LogP contribution in [0, 0.1) is 0 Å². The minimum atomic E-state index is -0.362. The number of hydrogen-bond donors (Lipinski definition) is 1. The highest BCUT2D eigenvalue weighted by molar-refractivity contribution is 5.88. The Morgan fingerprint density at radius 1 is 1.15 bits per heavy atom. The fourth-order valence-corrected chi connectivity index (χ4v) is 4.45. The van der Waals surface area contributed by atoms with E-state index in [1.54, 1.807) is 7.11 Å². The molecule has 0 atom stereocenters. The van der Waals surface area contributed by atoms with E-state index in [0.717, 1.165) is 75.5 Å². The van der Waals surface area contributed by atoms with Gasteiger partial charge in [0.05, 0.1) is 19.1 Å². The molecule has 2 heterocycles. The Morgan fingerprint density at radius 2 is 1.85 bits per heavy atom. The fraction of sp³-hybridized carbons (Fsp3) is 0.550. The van der Waals surface area contributed by atoms with Crippen molar-refractivity contribution in [3.8, 4) is 5.75 Å². The number of piperazine rings is 1. The first kappa shape index (κ1) is 18.0. The number of carbonyl (C=O) groups is 1. The van der Waals surface area contributed by atoms with E-state index in [1.165, 1.54) is 6.33 Å². The third-order valence-electron chi connectivity index (χ3n) is 6.01. The lowest BCUT2D eigenvalue weighted by Gasteiger charge is -2.40. The Kier molecular flexibility index (Phi) is 5.11. The van der Waals surface area contributed by atoms with Gasteiger partial charge in [-0.2, -0.15) is 5.10 Å². The summed E-state index contributed by atoms with van der Waals surface area (Å²) in [6.07, 6.45) is 5.65. The topological polar surface area (TPSA) is 74.3 Å². The number of amides is 1. The summed E-state index contributed by atoms with van der Waals surface area (Å²) < 4.78 is 5.28. The minimum Gasteiger partial charge on any atom is -0.497 e. The number of H-pyrrole nitrogens is 1. The van der Waals surface area contributed by atoms with Crippen LogP contribution in [-0.2, 0) is 16.8 Å². The van der Waals surface area contributed by atoms with Gasteiger partial charge in [0.15, 0.2) is 0 Å². The summed E-state index contributed by atoms with van der Waals surface area (Å²) in [5.41, 5.74) is 0.772. The van der Waals surface area contributed by atoms with Gasteiger partial charge in [-0.1, -0.05) is 25.0 Å². The molecule has 2 aliphatic rings.